The van der Waals surface area contributed by atoms with Gasteiger partial charge in [0.15, 0.2) is 0 Å². The fraction of sp³-hybridized carbons (Fsp3) is 0.500. The normalized spacial score (nSPS) is 21.8. The lowest BCUT2D eigenvalue weighted by Crippen LogP contribution is -2.41. The number of fused-ring (bicyclic) bond motifs is 1. The molecule has 0 aliphatic heterocycles. The third kappa shape index (κ3) is 3.91. The second kappa shape index (κ2) is 6.87. The molecule has 6 heteroatoms. The molecule has 24 heavy (non-hydrogen) atoms. The number of hydrogen-bond donors (Lipinski definition) is 1. The van der Waals surface area contributed by atoms with Crippen LogP contribution in [0.15, 0.2) is 36.5 Å². The van der Waals surface area contributed by atoms with Crippen molar-refractivity contribution in [3.63, 3.8) is 0 Å². The maximum Gasteiger partial charge on any atom is 0.391 e. The monoisotopic (exact) mass is 338 g/mol. The average Bonchev–Trinajstić information content (AvgIpc) is 2.96. The van der Waals surface area contributed by atoms with Crippen molar-refractivity contribution in [3.8, 4) is 0 Å². The molecule has 2 atom stereocenters. The first-order valence-corrected chi connectivity index (χ1v) is 8.33. The third-order valence-electron chi connectivity index (χ3n) is 4.76. The number of nitrogens with zero attached hydrogens (tertiary/aromatic N) is 1. The van der Waals surface area contributed by atoms with E-state index in [0.717, 1.165) is 10.9 Å². The first-order valence-electron chi connectivity index (χ1n) is 8.33. The Morgan fingerprint density at radius 2 is 2.00 bits per heavy atom. The van der Waals surface area contributed by atoms with Gasteiger partial charge in [0.1, 0.15) is 0 Å². The van der Waals surface area contributed by atoms with Crippen LogP contribution in [0.4, 0.5) is 13.2 Å². The van der Waals surface area contributed by atoms with E-state index in [0.29, 0.717) is 19.4 Å². The number of alkyl halides is 3. The highest BCUT2D eigenvalue weighted by molar-refractivity contribution is 5.80. The van der Waals surface area contributed by atoms with Crippen LogP contribution < -0.4 is 5.32 Å². The van der Waals surface area contributed by atoms with Crippen LogP contribution in [0.1, 0.15) is 32.1 Å². The molecule has 1 aliphatic rings. The Morgan fingerprint density at radius 1 is 1.21 bits per heavy atom. The van der Waals surface area contributed by atoms with Crippen LogP contribution in [0.3, 0.4) is 0 Å². The number of carbonyl (C=O) groups excluding carboxylic acids is 1. The fourth-order valence-electron chi connectivity index (χ4n) is 3.48. The number of amides is 1. The highest BCUT2D eigenvalue weighted by Crippen LogP contribution is 2.37. The molecule has 1 aromatic heterocycles. The molecule has 130 valence electrons. The molecule has 3 nitrogen and oxygen atoms in total. The van der Waals surface area contributed by atoms with Crippen molar-refractivity contribution >= 4 is 16.8 Å². The van der Waals surface area contributed by atoms with E-state index in [1.165, 1.54) is 0 Å². The first-order chi connectivity index (χ1) is 11.4. The Labute approximate surface area is 138 Å². The Balaban J connectivity index is 1.52. The molecule has 3 rings (SSSR count). The molecule has 0 radical (unpaired) electrons. The van der Waals surface area contributed by atoms with Gasteiger partial charge in [-0.1, -0.05) is 24.6 Å². The largest absolute Gasteiger partial charge is 0.391 e. The molecule has 0 spiro atoms. The van der Waals surface area contributed by atoms with E-state index in [4.69, 9.17) is 0 Å². The molecule has 0 unspecified atom stereocenters. The quantitative estimate of drug-likeness (QED) is 0.887. The predicted molar refractivity (Wildman–Crippen MR) is 86.5 cm³/mol. The molecule has 1 aromatic carbocycles. The van der Waals surface area contributed by atoms with Crippen molar-refractivity contribution < 1.29 is 18.0 Å². The van der Waals surface area contributed by atoms with Gasteiger partial charge in [-0.25, -0.2) is 0 Å². The van der Waals surface area contributed by atoms with Crippen LogP contribution in [-0.4, -0.2) is 22.7 Å². The maximum atomic E-state index is 12.8. The molecular weight excluding hydrogens is 317 g/mol. The zero-order valence-corrected chi connectivity index (χ0v) is 13.4. The SMILES string of the molecule is O=C(CCn1ccc2ccccc21)N[C@H]1CCC[C@@H](C(F)(F)F)C1. The summed E-state index contributed by atoms with van der Waals surface area (Å²) in [6, 6.07) is 9.52. The molecule has 0 saturated heterocycles. The molecule has 1 fully saturated rings. The molecule has 2 aromatic rings. The average molecular weight is 338 g/mol. The number of carbonyl (C=O) groups is 1. The number of rotatable bonds is 4. The summed E-state index contributed by atoms with van der Waals surface area (Å²) < 4.78 is 40.4. The summed E-state index contributed by atoms with van der Waals surface area (Å²) in [5.74, 6) is -1.47. The molecular formula is C18H21F3N2O. The summed E-state index contributed by atoms with van der Waals surface area (Å²) in [5.41, 5.74) is 1.06. The van der Waals surface area contributed by atoms with Crippen LogP contribution in [0.5, 0.6) is 0 Å². The van der Waals surface area contributed by atoms with E-state index in [2.05, 4.69) is 5.32 Å². The maximum absolute atomic E-state index is 12.8. The van der Waals surface area contributed by atoms with Crippen LogP contribution in [0.25, 0.3) is 10.9 Å². The number of aryl methyl sites for hydroxylation is 1. The molecule has 1 saturated carbocycles. The van der Waals surface area contributed by atoms with Gasteiger partial charge in [0, 0.05) is 30.7 Å². The summed E-state index contributed by atoms with van der Waals surface area (Å²) in [6.45, 7) is 0.523. The lowest BCUT2D eigenvalue weighted by Gasteiger charge is -2.31. The fourth-order valence-corrected chi connectivity index (χ4v) is 3.48. The van der Waals surface area contributed by atoms with E-state index in [9.17, 15) is 18.0 Å². The Hall–Kier alpha value is -1.98. The van der Waals surface area contributed by atoms with Gasteiger partial charge in [0.25, 0.3) is 0 Å². The van der Waals surface area contributed by atoms with Crippen molar-refractivity contribution in [1.29, 1.82) is 0 Å². The highest BCUT2D eigenvalue weighted by atomic mass is 19.4. The molecule has 1 N–H and O–H groups in total. The second-order valence-corrected chi connectivity index (χ2v) is 6.49. The standard InChI is InChI=1S/C18H21F3N2O/c19-18(20,21)14-5-3-6-15(12-14)22-17(24)9-11-23-10-8-13-4-1-2-7-16(13)23/h1-2,4,7-8,10,14-15H,3,5-6,9,11-12H2,(H,22,24)/t14-,15+/m1/s1. The minimum Gasteiger partial charge on any atom is -0.353 e. The van der Waals surface area contributed by atoms with Crippen molar-refractivity contribution in [1.82, 2.24) is 9.88 Å². The summed E-state index contributed by atoms with van der Waals surface area (Å²) in [7, 11) is 0. The molecule has 1 amide bonds. The first kappa shape index (κ1) is 16.9. The van der Waals surface area contributed by atoms with Gasteiger partial charge in [0.2, 0.25) is 5.91 Å². The van der Waals surface area contributed by atoms with Gasteiger partial charge < -0.3 is 9.88 Å². The van der Waals surface area contributed by atoms with Gasteiger partial charge in [-0.15, -0.1) is 0 Å². The van der Waals surface area contributed by atoms with Crippen molar-refractivity contribution in [2.75, 3.05) is 0 Å². The molecule has 1 heterocycles. The Kier molecular flexibility index (Phi) is 4.83. The van der Waals surface area contributed by atoms with Crippen LogP contribution in [0, 0.1) is 5.92 Å². The van der Waals surface area contributed by atoms with E-state index < -0.39 is 12.1 Å². The minimum atomic E-state index is -4.16. The lowest BCUT2D eigenvalue weighted by atomic mass is 9.85. The van der Waals surface area contributed by atoms with E-state index in [1.54, 1.807) is 0 Å². The summed E-state index contributed by atoms with van der Waals surface area (Å²) in [6.07, 6.45) is -0.646. The Morgan fingerprint density at radius 3 is 2.79 bits per heavy atom. The number of aromatic nitrogens is 1. The number of para-hydroxylation sites is 1. The lowest BCUT2D eigenvalue weighted by molar-refractivity contribution is -0.184. The summed E-state index contributed by atoms with van der Waals surface area (Å²) in [4.78, 5) is 12.1. The van der Waals surface area contributed by atoms with E-state index in [1.807, 2.05) is 41.1 Å². The molecule has 0 bridgehead atoms. The highest BCUT2D eigenvalue weighted by Gasteiger charge is 2.42. The zero-order chi connectivity index (χ0) is 17.2. The topological polar surface area (TPSA) is 34.0 Å². The Bertz CT molecular complexity index is 708. The number of halogens is 3. The van der Waals surface area contributed by atoms with Crippen molar-refractivity contribution in [2.45, 2.75) is 50.9 Å². The summed E-state index contributed by atoms with van der Waals surface area (Å²) >= 11 is 0. The minimum absolute atomic E-state index is 0.00168. The van der Waals surface area contributed by atoms with Crippen molar-refractivity contribution in [2.24, 2.45) is 5.92 Å². The summed E-state index contributed by atoms with van der Waals surface area (Å²) in [5, 5.41) is 3.89. The van der Waals surface area contributed by atoms with Crippen LogP contribution in [0.2, 0.25) is 0 Å². The van der Waals surface area contributed by atoms with Gasteiger partial charge >= 0.3 is 6.18 Å². The van der Waals surface area contributed by atoms with Gasteiger partial charge in [-0.2, -0.15) is 13.2 Å². The number of nitrogens with one attached hydrogen (secondary N) is 1. The second-order valence-electron chi connectivity index (χ2n) is 6.49. The van der Waals surface area contributed by atoms with Crippen LogP contribution in [-0.2, 0) is 11.3 Å². The predicted octanol–water partition coefficient (Wildman–Crippen LogP) is 4.27. The van der Waals surface area contributed by atoms with Gasteiger partial charge in [-0.3, -0.25) is 4.79 Å². The zero-order valence-electron chi connectivity index (χ0n) is 13.4. The number of hydrogen-bond acceptors (Lipinski definition) is 1. The van der Waals surface area contributed by atoms with E-state index in [-0.39, 0.29) is 31.2 Å². The number of benzene rings is 1. The molecule has 1 aliphatic carbocycles. The van der Waals surface area contributed by atoms with E-state index >= 15 is 0 Å². The van der Waals surface area contributed by atoms with Crippen molar-refractivity contribution in [3.05, 3.63) is 36.5 Å². The third-order valence-corrected chi connectivity index (χ3v) is 4.76. The van der Waals surface area contributed by atoms with Gasteiger partial charge in [0.05, 0.1) is 5.92 Å². The smallest absolute Gasteiger partial charge is 0.353 e. The van der Waals surface area contributed by atoms with Crippen LogP contribution >= 0.6 is 0 Å². The van der Waals surface area contributed by atoms with Gasteiger partial charge in [-0.05, 0) is 36.8 Å².